The molecule has 2 rings (SSSR count). The zero-order valence-corrected chi connectivity index (χ0v) is 10.7. The Morgan fingerprint density at radius 1 is 1.33 bits per heavy atom. The molecule has 0 saturated carbocycles. The van der Waals surface area contributed by atoms with Gasteiger partial charge in [0.05, 0.1) is 12.0 Å². The van der Waals surface area contributed by atoms with Crippen molar-refractivity contribution in [2.24, 2.45) is 0 Å². The van der Waals surface area contributed by atoms with Crippen LogP contribution in [0, 0.1) is 0 Å². The minimum Gasteiger partial charge on any atom is -0.479 e. The molecular weight excluding hydrogens is 230 g/mol. The summed E-state index contributed by atoms with van der Waals surface area (Å²) in [7, 11) is 0. The molecule has 4 heteroatoms. The number of likely N-dealkylation sites (N-methyl/N-ethyl adjacent to an activating group) is 1. The van der Waals surface area contributed by atoms with Gasteiger partial charge in [-0.25, -0.2) is 0 Å². The quantitative estimate of drug-likeness (QED) is 0.819. The number of ketones is 1. The standard InChI is InChI=1S/C14H17NO3/c1-3-15(4-2)14(17)13-9-11(16)10-7-5-6-8-12(10)18-13/h5-8,13H,3-4,9H2,1-2H3. The van der Waals surface area contributed by atoms with Gasteiger partial charge in [0.15, 0.2) is 11.9 Å². The molecule has 1 aromatic carbocycles. The predicted molar refractivity (Wildman–Crippen MR) is 67.7 cm³/mol. The molecule has 1 aliphatic rings. The van der Waals surface area contributed by atoms with Crippen LogP contribution >= 0.6 is 0 Å². The fourth-order valence-electron chi connectivity index (χ4n) is 2.15. The number of Topliss-reactive ketones (excluding diaryl/α,β-unsaturated/α-hetero) is 1. The second-order valence-electron chi connectivity index (χ2n) is 4.24. The van der Waals surface area contributed by atoms with E-state index in [9.17, 15) is 9.59 Å². The molecule has 4 nitrogen and oxygen atoms in total. The van der Waals surface area contributed by atoms with Crippen molar-refractivity contribution in [1.29, 1.82) is 0 Å². The molecule has 0 spiro atoms. The zero-order valence-electron chi connectivity index (χ0n) is 10.7. The highest BCUT2D eigenvalue weighted by Gasteiger charge is 2.33. The Labute approximate surface area is 107 Å². The second-order valence-corrected chi connectivity index (χ2v) is 4.24. The lowest BCUT2D eigenvalue weighted by Crippen LogP contribution is -2.44. The van der Waals surface area contributed by atoms with Crippen molar-refractivity contribution in [1.82, 2.24) is 4.90 Å². The summed E-state index contributed by atoms with van der Waals surface area (Å²) in [5, 5.41) is 0. The highest BCUT2D eigenvalue weighted by atomic mass is 16.5. The van der Waals surface area contributed by atoms with Crippen LogP contribution < -0.4 is 4.74 Å². The lowest BCUT2D eigenvalue weighted by Gasteiger charge is -2.28. The molecular formula is C14H17NO3. The number of hydrogen-bond donors (Lipinski definition) is 0. The Morgan fingerprint density at radius 3 is 2.67 bits per heavy atom. The van der Waals surface area contributed by atoms with Crippen LogP contribution in [0.25, 0.3) is 0 Å². The average molecular weight is 247 g/mol. The monoisotopic (exact) mass is 247 g/mol. The summed E-state index contributed by atoms with van der Waals surface area (Å²) in [6.07, 6.45) is -0.543. The minimum absolute atomic E-state index is 0.0256. The van der Waals surface area contributed by atoms with Gasteiger partial charge in [-0.2, -0.15) is 0 Å². The summed E-state index contributed by atoms with van der Waals surface area (Å²) in [5.41, 5.74) is 0.570. The van der Waals surface area contributed by atoms with Crippen molar-refractivity contribution in [3.05, 3.63) is 29.8 Å². The highest BCUT2D eigenvalue weighted by Crippen LogP contribution is 2.27. The number of hydrogen-bond acceptors (Lipinski definition) is 3. The molecule has 1 atom stereocenters. The van der Waals surface area contributed by atoms with E-state index < -0.39 is 6.10 Å². The largest absolute Gasteiger partial charge is 0.479 e. The first-order valence-corrected chi connectivity index (χ1v) is 6.25. The van der Waals surface area contributed by atoms with E-state index in [1.165, 1.54) is 0 Å². The summed E-state index contributed by atoms with van der Waals surface area (Å²) in [6.45, 7) is 5.09. The van der Waals surface area contributed by atoms with Gasteiger partial charge in [0.2, 0.25) is 0 Å². The maximum Gasteiger partial charge on any atom is 0.264 e. The van der Waals surface area contributed by atoms with Crippen LogP contribution in [0.3, 0.4) is 0 Å². The molecule has 1 unspecified atom stereocenters. The maximum absolute atomic E-state index is 12.2. The van der Waals surface area contributed by atoms with Crippen molar-refractivity contribution in [3.63, 3.8) is 0 Å². The molecule has 1 aromatic rings. The van der Waals surface area contributed by atoms with Crippen molar-refractivity contribution in [2.45, 2.75) is 26.4 Å². The first kappa shape index (κ1) is 12.6. The highest BCUT2D eigenvalue weighted by molar-refractivity contribution is 6.03. The summed E-state index contributed by atoms with van der Waals surface area (Å²) in [4.78, 5) is 25.8. The van der Waals surface area contributed by atoms with Crippen molar-refractivity contribution in [3.8, 4) is 5.75 Å². The third-order valence-corrected chi connectivity index (χ3v) is 3.18. The second kappa shape index (κ2) is 5.21. The normalized spacial score (nSPS) is 17.9. The summed E-state index contributed by atoms with van der Waals surface area (Å²) in [5.74, 6) is 0.379. The molecule has 1 aliphatic heterocycles. The summed E-state index contributed by atoms with van der Waals surface area (Å²) < 4.78 is 5.64. The number of rotatable bonds is 3. The van der Waals surface area contributed by atoms with Crippen LogP contribution in [0.5, 0.6) is 5.75 Å². The Kier molecular flexibility index (Phi) is 3.65. The molecule has 0 saturated heterocycles. The number of amides is 1. The molecule has 96 valence electrons. The van der Waals surface area contributed by atoms with Crippen LogP contribution in [-0.4, -0.2) is 35.8 Å². The smallest absolute Gasteiger partial charge is 0.264 e. The summed E-state index contributed by atoms with van der Waals surface area (Å²) in [6, 6.07) is 7.06. The van der Waals surface area contributed by atoms with E-state index in [1.54, 1.807) is 29.2 Å². The average Bonchev–Trinajstić information content (AvgIpc) is 2.40. The van der Waals surface area contributed by atoms with Crippen molar-refractivity contribution >= 4 is 11.7 Å². The lowest BCUT2D eigenvalue weighted by molar-refractivity contribution is -0.138. The molecule has 0 aromatic heterocycles. The van der Waals surface area contributed by atoms with Gasteiger partial charge >= 0.3 is 0 Å². The first-order valence-electron chi connectivity index (χ1n) is 6.25. The van der Waals surface area contributed by atoms with Gasteiger partial charge in [0, 0.05) is 13.1 Å². The van der Waals surface area contributed by atoms with Gasteiger partial charge in [-0.3, -0.25) is 9.59 Å². The van der Waals surface area contributed by atoms with Crippen LogP contribution in [0.15, 0.2) is 24.3 Å². The van der Waals surface area contributed by atoms with Crippen LogP contribution in [-0.2, 0) is 4.79 Å². The third-order valence-electron chi connectivity index (χ3n) is 3.18. The molecule has 0 fully saturated rings. The van der Waals surface area contributed by atoms with Crippen LogP contribution in [0.1, 0.15) is 30.6 Å². The number of para-hydroxylation sites is 1. The Hall–Kier alpha value is -1.84. The van der Waals surface area contributed by atoms with Crippen LogP contribution in [0.4, 0.5) is 0 Å². The van der Waals surface area contributed by atoms with E-state index in [2.05, 4.69) is 0 Å². The predicted octanol–water partition coefficient (Wildman–Crippen LogP) is 1.89. The van der Waals surface area contributed by atoms with Gasteiger partial charge in [-0.15, -0.1) is 0 Å². The van der Waals surface area contributed by atoms with Gasteiger partial charge in [-0.1, -0.05) is 12.1 Å². The number of ether oxygens (including phenoxy) is 1. The van der Waals surface area contributed by atoms with Gasteiger partial charge in [0.25, 0.3) is 5.91 Å². The number of nitrogens with zero attached hydrogens (tertiary/aromatic N) is 1. The van der Waals surface area contributed by atoms with E-state index in [1.807, 2.05) is 13.8 Å². The molecule has 1 heterocycles. The molecule has 0 radical (unpaired) electrons. The SMILES string of the molecule is CCN(CC)C(=O)C1CC(=O)c2ccccc2O1. The molecule has 1 amide bonds. The number of carbonyl (C=O) groups is 2. The Bertz CT molecular complexity index is 466. The molecule has 0 aliphatic carbocycles. The molecule has 0 bridgehead atoms. The van der Waals surface area contributed by atoms with Crippen molar-refractivity contribution in [2.75, 3.05) is 13.1 Å². The molecule has 18 heavy (non-hydrogen) atoms. The maximum atomic E-state index is 12.2. The lowest BCUT2D eigenvalue weighted by atomic mass is 10.00. The van der Waals surface area contributed by atoms with Crippen LogP contribution in [0.2, 0.25) is 0 Å². The molecule has 0 N–H and O–H groups in total. The van der Waals surface area contributed by atoms with E-state index in [4.69, 9.17) is 4.74 Å². The number of carbonyl (C=O) groups excluding carboxylic acids is 2. The topological polar surface area (TPSA) is 46.6 Å². The third kappa shape index (κ3) is 2.23. The fraction of sp³-hybridized carbons (Fsp3) is 0.429. The van der Waals surface area contributed by atoms with Gasteiger partial charge in [0.1, 0.15) is 5.75 Å². The number of fused-ring (bicyclic) bond motifs is 1. The van der Waals surface area contributed by atoms with E-state index in [-0.39, 0.29) is 18.1 Å². The van der Waals surface area contributed by atoms with E-state index in [0.717, 1.165) is 0 Å². The summed E-state index contributed by atoms with van der Waals surface area (Å²) >= 11 is 0. The zero-order chi connectivity index (χ0) is 13.1. The fourth-order valence-corrected chi connectivity index (χ4v) is 2.15. The van der Waals surface area contributed by atoms with E-state index in [0.29, 0.717) is 24.4 Å². The number of benzene rings is 1. The van der Waals surface area contributed by atoms with Gasteiger partial charge < -0.3 is 9.64 Å². The first-order chi connectivity index (χ1) is 8.67. The van der Waals surface area contributed by atoms with Gasteiger partial charge in [-0.05, 0) is 26.0 Å². The van der Waals surface area contributed by atoms with E-state index >= 15 is 0 Å². The Balaban J connectivity index is 2.21. The van der Waals surface area contributed by atoms with Crippen molar-refractivity contribution < 1.29 is 14.3 Å². The Morgan fingerprint density at radius 2 is 2.00 bits per heavy atom. The minimum atomic E-state index is -0.674.